The van der Waals surface area contributed by atoms with Gasteiger partial charge in [-0.25, -0.2) is 9.97 Å². The highest BCUT2D eigenvalue weighted by atomic mass is 16.3. The van der Waals surface area contributed by atoms with E-state index in [9.17, 15) is 0 Å². The van der Waals surface area contributed by atoms with Gasteiger partial charge < -0.3 is 8.83 Å². The van der Waals surface area contributed by atoms with E-state index in [0.29, 0.717) is 5.82 Å². The highest BCUT2D eigenvalue weighted by Crippen LogP contribution is 2.44. The minimum absolute atomic E-state index is 0.589. The van der Waals surface area contributed by atoms with Gasteiger partial charge in [0.05, 0.1) is 17.0 Å². The molecule has 10 aromatic rings. The normalized spacial score (nSPS) is 11.6. The highest BCUT2D eigenvalue weighted by Gasteiger charge is 2.22. The molecule has 0 saturated carbocycles. The van der Waals surface area contributed by atoms with Crippen molar-refractivity contribution in [3.8, 4) is 56.2 Å². The summed E-state index contributed by atoms with van der Waals surface area (Å²) in [5.41, 5.74) is 11.9. The lowest BCUT2D eigenvalue weighted by molar-refractivity contribution is 0.669. The maximum absolute atomic E-state index is 6.72. The number of nitrogens with zero attached hydrogens (tertiary/aromatic N) is 3. The van der Waals surface area contributed by atoms with Crippen LogP contribution in [0, 0.1) is 0 Å². The largest absolute Gasteiger partial charge is 0.455 e. The molecule has 50 heavy (non-hydrogen) atoms. The van der Waals surface area contributed by atoms with E-state index in [0.717, 1.165) is 94.2 Å². The number of para-hydroxylation sites is 3. The molecule has 0 aliphatic carbocycles. The first kappa shape index (κ1) is 28.2. The number of aromatic nitrogens is 3. The van der Waals surface area contributed by atoms with Crippen LogP contribution in [0.3, 0.4) is 0 Å². The molecule has 0 amide bonds. The van der Waals surface area contributed by atoms with Crippen LogP contribution in [-0.2, 0) is 0 Å². The number of hydrogen-bond acceptors (Lipinski definition) is 5. The van der Waals surface area contributed by atoms with Crippen LogP contribution < -0.4 is 0 Å². The number of benzene rings is 6. The molecule has 0 atom stereocenters. The van der Waals surface area contributed by atoms with E-state index < -0.39 is 0 Å². The van der Waals surface area contributed by atoms with Crippen molar-refractivity contribution in [3.63, 3.8) is 0 Å². The Balaban J connectivity index is 1.22. The van der Waals surface area contributed by atoms with Crippen LogP contribution in [0.15, 0.2) is 173 Å². The monoisotopic (exact) mass is 641 g/mol. The average molecular weight is 642 g/mol. The number of rotatable bonds is 5. The first-order valence-corrected chi connectivity index (χ1v) is 16.6. The van der Waals surface area contributed by atoms with E-state index in [1.807, 2.05) is 60.8 Å². The summed E-state index contributed by atoms with van der Waals surface area (Å²) in [7, 11) is 0. The minimum atomic E-state index is 0.589. The van der Waals surface area contributed by atoms with Crippen molar-refractivity contribution in [2.75, 3.05) is 0 Å². The van der Waals surface area contributed by atoms with Crippen LogP contribution in [0.2, 0.25) is 0 Å². The van der Waals surface area contributed by atoms with Gasteiger partial charge in [0.25, 0.3) is 0 Å². The van der Waals surface area contributed by atoms with Crippen molar-refractivity contribution >= 4 is 43.9 Å². The zero-order chi connectivity index (χ0) is 33.0. The van der Waals surface area contributed by atoms with Gasteiger partial charge in [-0.2, -0.15) is 0 Å². The molecular weight excluding hydrogens is 615 g/mol. The molecule has 10 rings (SSSR count). The Bertz CT molecular complexity index is 2870. The van der Waals surface area contributed by atoms with Crippen LogP contribution in [0.4, 0.5) is 0 Å². The number of furan rings is 2. The Morgan fingerprint density at radius 2 is 1.04 bits per heavy atom. The molecule has 0 radical (unpaired) electrons. The molecule has 0 saturated heterocycles. The third kappa shape index (κ3) is 4.60. The van der Waals surface area contributed by atoms with E-state index in [-0.39, 0.29) is 0 Å². The van der Waals surface area contributed by atoms with Gasteiger partial charge in [0.1, 0.15) is 22.3 Å². The zero-order valence-electron chi connectivity index (χ0n) is 26.7. The first-order chi connectivity index (χ1) is 24.8. The molecule has 4 aromatic heterocycles. The standard InChI is InChI=1S/C45H27N3O2/c1-2-11-28(12-3-1)38-26-39(30-14-8-13-29(25-30)31-15-10-24-46-27-31)48-45(47-38)37-23-22-33(42-36-17-5-7-21-41(36)50-44(37)42)35-19-9-18-34-32-16-4-6-20-40(32)49-43(34)35/h1-27H. The van der Waals surface area contributed by atoms with Crippen molar-refractivity contribution in [2.24, 2.45) is 0 Å². The Hall–Kier alpha value is -6.85. The smallest absolute Gasteiger partial charge is 0.164 e. The second kappa shape index (κ2) is 11.4. The minimum Gasteiger partial charge on any atom is -0.455 e. The lowest BCUT2D eigenvalue weighted by Crippen LogP contribution is -1.97. The molecule has 0 aliphatic heterocycles. The number of fused-ring (bicyclic) bond motifs is 6. The molecule has 0 unspecified atom stereocenters. The van der Waals surface area contributed by atoms with E-state index in [1.54, 1.807) is 6.20 Å². The molecule has 0 fully saturated rings. The van der Waals surface area contributed by atoms with Crippen LogP contribution in [-0.4, -0.2) is 15.0 Å². The van der Waals surface area contributed by atoms with Crippen molar-refractivity contribution in [2.45, 2.75) is 0 Å². The van der Waals surface area contributed by atoms with Gasteiger partial charge in [-0.3, -0.25) is 4.98 Å². The SMILES string of the molecule is c1ccc(-c2cc(-c3cccc(-c4cccnc4)c3)nc(-c3ccc(-c4cccc5c4oc4ccccc45)c4c3oc3ccccc34)n2)cc1. The lowest BCUT2D eigenvalue weighted by Gasteiger charge is -2.12. The molecule has 5 nitrogen and oxygen atoms in total. The molecular formula is C45H27N3O2. The van der Waals surface area contributed by atoms with Crippen molar-refractivity contribution in [1.82, 2.24) is 15.0 Å². The average Bonchev–Trinajstić information content (AvgIpc) is 3.77. The third-order valence-electron chi connectivity index (χ3n) is 9.41. The Labute approximate surface area is 287 Å². The maximum Gasteiger partial charge on any atom is 0.164 e. The summed E-state index contributed by atoms with van der Waals surface area (Å²) >= 11 is 0. The maximum atomic E-state index is 6.72. The van der Waals surface area contributed by atoms with Gasteiger partial charge in [-0.1, -0.05) is 115 Å². The summed E-state index contributed by atoms with van der Waals surface area (Å²) < 4.78 is 13.2. The summed E-state index contributed by atoms with van der Waals surface area (Å²) in [5, 5.41) is 4.21. The quantitative estimate of drug-likeness (QED) is 0.187. The second-order valence-corrected chi connectivity index (χ2v) is 12.4. The summed E-state index contributed by atoms with van der Waals surface area (Å²) in [6, 6.07) is 51.7. The van der Waals surface area contributed by atoms with Gasteiger partial charge >= 0.3 is 0 Å². The van der Waals surface area contributed by atoms with Gasteiger partial charge in [0, 0.05) is 56.2 Å². The highest BCUT2D eigenvalue weighted by molar-refractivity contribution is 6.19. The van der Waals surface area contributed by atoms with Gasteiger partial charge in [0.15, 0.2) is 5.82 Å². The fourth-order valence-electron chi connectivity index (χ4n) is 7.05. The van der Waals surface area contributed by atoms with E-state index in [1.165, 1.54) is 0 Å². The molecule has 0 aliphatic rings. The van der Waals surface area contributed by atoms with Crippen LogP contribution >= 0.6 is 0 Å². The molecule has 4 heterocycles. The fourth-order valence-corrected chi connectivity index (χ4v) is 7.05. The van der Waals surface area contributed by atoms with Crippen LogP contribution in [0.1, 0.15) is 0 Å². The van der Waals surface area contributed by atoms with E-state index >= 15 is 0 Å². The number of hydrogen-bond donors (Lipinski definition) is 0. The lowest BCUT2D eigenvalue weighted by atomic mass is 9.95. The van der Waals surface area contributed by atoms with Gasteiger partial charge in [-0.05, 0) is 47.5 Å². The summed E-state index contributed by atoms with van der Waals surface area (Å²) in [4.78, 5) is 14.7. The van der Waals surface area contributed by atoms with Gasteiger partial charge in [-0.15, -0.1) is 0 Å². The predicted molar refractivity (Wildman–Crippen MR) is 202 cm³/mol. The Kier molecular flexibility index (Phi) is 6.42. The van der Waals surface area contributed by atoms with Crippen molar-refractivity contribution in [3.05, 3.63) is 164 Å². The van der Waals surface area contributed by atoms with E-state index in [4.69, 9.17) is 18.8 Å². The first-order valence-electron chi connectivity index (χ1n) is 16.6. The van der Waals surface area contributed by atoms with E-state index in [2.05, 4.69) is 102 Å². The molecule has 5 heteroatoms. The number of pyridine rings is 1. The van der Waals surface area contributed by atoms with Crippen molar-refractivity contribution in [1.29, 1.82) is 0 Å². The molecule has 0 spiro atoms. The van der Waals surface area contributed by atoms with Crippen LogP contribution in [0.5, 0.6) is 0 Å². The topological polar surface area (TPSA) is 65.0 Å². The summed E-state index contributed by atoms with van der Waals surface area (Å²) in [5.74, 6) is 0.589. The molecule has 234 valence electrons. The summed E-state index contributed by atoms with van der Waals surface area (Å²) in [6.07, 6.45) is 3.67. The van der Waals surface area contributed by atoms with Crippen LogP contribution in [0.25, 0.3) is 100 Å². The Morgan fingerprint density at radius 3 is 1.88 bits per heavy atom. The summed E-state index contributed by atoms with van der Waals surface area (Å²) in [6.45, 7) is 0. The Morgan fingerprint density at radius 1 is 0.400 bits per heavy atom. The fraction of sp³-hybridized carbons (Fsp3) is 0. The molecule has 6 aromatic carbocycles. The second-order valence-electron chi connectivity index (χ2n) is 12.4. The zero-order valence-corrected chi connectivity index (χ0v) is 26.7. The van der Waals surface area contributed by atoms with Crippen molar-refractivity contribution < 1.29 is 8.83 Å². The molecule has 0 bridgehead atoms. The van der Waals surface area contributed by atoms with Gasteiger partial charge in [0.2, 0.25) is 0 Å². The third-order valence-corrected chi connectivity index (χ3v) is 9.41. The predicted octanol–water partition coefficient (Wildman–Crippen LogP) is 12.0. The molecule has 0 N–H and O–H groups in total.